The summed E-state index contributed by atoms with van der Waals surface area (Å²) in [4.78, 5) is 61.3. The Hall–Kier alpha value is -5.32. The number of nitrogens with zero attached hydrogens (tertiary/aromatic N) is 2. The molecule has 10 rings (SSSR count). The fourth-order valence-electron chi connectivity index (χ4n) is 12.7. The SMILES string of the molecule is O=C(O)C12C(c3ccccc3)C3(C(=O)O)C4N(CCc5ccccc5)C1C1(C(=O)O)C(c5ccccc5)C4(C(=O)O)C3N(CCc3ccccc3)C21. The van der Waals surface area contributed by atoms with Gasteiger partial charge in [-0.1, -0.05) is 121 Å². The number of carboxylic acids is 4. The summed E-state index contributed by atoms with van der Waals surface area (Å²) in [6.07, 6.45) is 0.702. The lowest BCUT2D eigenvalue weighted by Gasteiger charge is -2.94. The maximum Gasteiger partial charge on any atom is 0.313 e. The molecule has 4 heterocycles. The van der Waals surface area contributed by atoms with Crippen LogP contribution in [0.4, 0.5) is 0 Å². The largest absolute Gasteiger partial charge is 0.481 e. The summed E-state index contributed by atoms with van der Waals surface area (Å²) >= 11 is 0. The number of rotatable bonds is 12. The summed E-state index contributed by atoms with van der Waals surface area (Å²) in [6, 6.07) is 31.3. The van der Waals surface area contributed by atoms with Crippen molar-refractivity contribution in [2.45, 2.75) is 48.8 Å². The third-order valence-corrected chi connectivity index (χ3v) is 13.6. The molecule has 0 radical (unpaired) electrons. The number of benzene rings is 4. The first-order valence-electron chi connectivity index (χ1n) is 17.8. The second-order valence-electron chi connectivity index (χ2n) is 15.2. The van der Waals surface area contributed by atoms with Gasteiger partial charge in [0.25, 0.3) is 0 Å². The van der Waals surface area contributed by atoms with Crippen LogP contribution in [0.1, 0.15) is 34.1 Å². The van der Waals surface area contributed by atoms with Crippen LogP contribution in [0.3, 0.4) is 0 Å². The fourth-order valence-corrected chi connectivity index (χ4v) is 12.7. The Morgan fingerprint density at radius 3 is 0.923 bits per heavy atom. The molecule has 8 bridgehead atoms. The molecule has 4 N–H and O–H groups in total. The lowest BCUT2D eigenvalue weighted by Crippen LogP contribution is -3.09. The summed E-state index contributed by atoms with van der Waals surface area (Å²) in [5.74, 6) is -7.44. The molecule has 0 amide bonds. The summed E-state index contributed by atoms with van der Waals surface area (Å²) in [5, 5.41) is 47.1. The van der Waals surface area contributed by atoms with Gasteiger partial charge < -0.3 is 20.4 Å². The average Bonchev–Trinajstić information content (AvgIpc) is 3.12. The van der Waals surface area contributed by atoms with Gasteiger partial charge in [-0.25, -0.2) is 0 Å². The maximum atomic E-state index is 14.5. The molecule has 2 aliphatic carbocycles. The fraction of sp³-hybridized carbons (Fsp3) is 0.333. The summed E-state index contributed by atoms with van der Waals surface area (Å²) in [6.45, 7) is 0.194. The van der Waals surface area contributed by atoms with E-state index >= 15 is 0 Å². The zero-order valence-corrected chi connectivity index (χ0v) is 28.2. The van der Waals surface area contributed by atoms with E-state index in [1.165, 1.54) is 0 Å². The van der Waals surface area contributed by atoms with Crippen LogP contribution in [0.5, 0.6) is 0 Å². The Kier molecular flexibility index (Phi) is 6.95. The molecule has 4 saturated heterocycles. The van der Waals surface area contributed by atoms with E-state index in [-0.39, 0.29) is 13.1 Å². The number of aliphatic carboxylic acids is 4. The number of hydrogen-bond donors (Lipinski definition) is 4. The predicted octanol–water partition coefficient (Wildman–Crippen LogP) is 4.47. The van der Waals surface area contributed by atoms with Crippen molar-refractivity contribution in [1.29, 1.82) is 0 Å². The minimum absolute atomic E-state index is 0.0972. The van der Waals surface area contributed by atoms with Crippen molar-refractivity contribution in [3.8, 4) is 0 Å². The highest BCUT2D eigenvalue weighted by atomic mass is 16.4. The van der Waals surface area contributed by atoms with Crippen LogP contribution in [-0.4, -0.2) is 91.4 Å². The maximum absolute atomic E-state index is 14.5. The summed E-state index contributed by atoms with van der Waals surface area (Å²) in [5.41, 5.74) is -4.90. The first-order chi connectivity index (χ1) is 25.1. The van der Waals surface area contributed by atoms with Gasteiger partial charge in [0, 0.05) is 49.1 Å². The average molecular weight is 699 g/mol. The van der Waals surface area contributed by atoms with Gasteiger partial charge in [-0.15, -0.1) is 0 Å². The first-order valence-corrected chi connectivity index (χ1v) is 17.8. The van der Waals surface area contributed by atoms with Gasteiger partial charge >= 0.3 is 23.9 Å². The van der Waals surface area contributed by atoms with Gasteiger partial charge in [-0.05, 0) is 35.1 Å². The highest BCUT2D eigenvalue weighted by Gasteiger charge is 3.05. The van der Waals surface area contributed by atoms with Crippen molar-refractivity contribution in [3.63, 3.8) is 0 Å². The first kappa shape index (κ1) is 32.6. The van der Waals surface area contributed by atoms with Crippen LogP contribution in [0.25, 0.3) is 0 Å². The van der Waals surface area contributed by atoms with E-state index in [0.29, 0.717) is 24.0 Å². The van der Waals surface area contributed by atoms with Gasteiger partial charge in [0.15, 0.2) is 0 Å². The van der Waals surface area contributed by atoms with E-state index in [9.17, 15) is 39.6 Å². The topological polar surface area (TPSA) is 156 Å². The minimum Gasteiger partial charge on any atom is -0.481 e. The van der Waals surface area contributed by atoms with Crippen LogP contribution in [0.15, 0.2) is 121 Å². The summed E-state index contributed by atoms with van der Waals surface area (Å²) < 4.78 is 0. The quantitative estimate of drug-likeness (QED) is 0.167. The highest BCUT2D eigenvalue weighted by Crippen LogP contribution is 2.92. The van der Waals surface area contributed by atoms with E-state index in [1.54, 1.807) is 70.5 Å². The Morgan fingerprint density at radius 2 is 0.673 bits per heavy atom. The molecule has 264 valence electrons. The van der Waals surface area contributed by atoms with Crippen molar-refractivity contribution in [2.24, 2.45) is 21.7 Å². The van der Waals surface area contributed by atoms with E-state index in [0.717, 1.165) is 11.1 Å². The van der Waals surface area contributed by atoms with E-state index in [2.05, 4.69) is 0 Å². The van der Waals surface area contributed by atoms with Crippen molar-refractivity contribution in [2.75, 3.05) is 13.1 Å². The Morgan fingerprint density at radius 1 is 0.423 bits per heavy atom. The van der Waals surface area contributed by atoms with E-state index < -0.39 is 81.5 Å². The molecular formula is C42H38N2O8. The molecule has 52 heavy (non-hydrogen) atoms. The molecule has 6 aliphatic rings. The molecule has 10 nitrogen and oxygen atoms in total. The smallest absolute Gasteiger partial charge is 0.313 e. The van der Waals surface area contributed by atoms with Crippen LogP contribution in [0.2, 0.25) is 0 Å². The van der Waals surface area contributed by atoms with Gasteiger partial charge in [-0.3, -0.25) is 29.0 Å². The van der Waals surface area contributed by atoms with E-state index in [1.807, 2.05) is 60.7 Å². The zero-order chi connectivity index (χ0) is 36.2. The molecule has 4 aromatic carbocycles. The van der Waals surface area contributed by atoms with Crippen molar-refractivity contribution in [1.82, 2.24) is 9.80 Å². The van der Waals surface area contributed by atoms with Gasteiger partial charge in [0.05, 0.1) is 0 Å². The highest BCUT2D eigenvalue weighted by molar-refractivity contribution is 6.01. The van der Waals surface area contributed by atoms with Crippen molar-refractivity contribution < 1.29 is 39.6 Å². The number of carboxylic acid groups (broad SMARTS) is 4. The summed E-state index contributed by atoms with van der Waals surface area (Å²) in [7, 11) is 0. The molecule has 0 aromatic heterocycles. The molecule has 0 spiro atoms. The van der Waals surface area contributed by atoms with Gasteiger partial charge in [0.2, 0.25) is 0 Å². The van der Waals surface area contributed by atoms with Crippen molar-refractivity contribution >= 4 is 23.9 Å². The monoisotopic (exact) mass is 698 g/mol. The number of piperidine rings is 4. The third kappa shape index (κ3) is 3.47. The predicted molar refractivity (Wildman–Crippen MR) is 187 cm³/mol. The van der Waals surface area contributed by atoms with Gasteiger partial charge in [0.1, 0.15) is 21.7 Å². The molecule has 6 fully saturated rings. The second-order valence-corrected chi connectivity index (χ2v) is 15.2. The Bertz CT molecular complexity index is 1860. The lowest BCUT2D eigenvalue weighted by atomic mass is 9.15. The Balaban J connectivity index is 1.38. The molecule has 2 saturated carbocycles. The third-order valence-electron chi connectivity index (χ3n) is 13.6. The standard InChI is InChI=1S/C42H38N2O8/c45-35(46)39-29(27-17-9-3-10-18-27)40(36(47)48)32-42(38(51)52)30(28-19-11-4-12-20-28)41(37(49)50,31(39)43(32)23-21-25-13-5-1-6-14-25)33(39)44(34(40)42)24-22-26-15-7-2-8-16-26/h1-20,29-34H,21-24H2,(H,45,46)(H,47,48)(H,49,50)(H,51,52). The molecular weight excluding hydrogens is 660 g/mol. The molecule has 4 aliphatic heterocycles. The molecule has 10 heteroatoms. The normalized spacial score (nSPS) is 36.4. The zero-order valence-electron chi connectivity index (χ0n) is 28.2. The van der Waals surface area contributed by atoms with Crippen LogP contribution in [-0.2, 0) is 32.0 Å². The van der Waals surface area contributed by atoms with Crippen molar-refractivity contribution in [3.05, 3.63) is 144 Å². The Labute approximate surface area is 299 Å². The molecule has 0 atom stereocenters. The minimum atomic E-state index is -1.91. The van der Waals surface area contributed by atoms with Gasteiger partial charge in [-0.2, -0.15) is 0 Å². The molecule has 0 unspecified atom stereocenters. The van der Waals surface area contributed by atoms with Crippen LogP contribution in [0, 0.1) is 21.7 Å². The second kappa shape index (κ2) is 11.1. The lowest BCUT2D eigenvalue weighted by molar-refractivity contribution is -0.443. The van der Waals surface area contributed by atoms with E-state index in [4.69, 9.17) is 0 Å². The number of carbonyl (C=O) groups is 4. The molecule has 4 aromatic rings. The number of hydrogen-bond acceptors (Lipinski definition) is 6. The van der Waals surface area contributed by atoms with Crippen LogP contribution < -0.4 is 0 Å². The van der Waals surface area contributed by atoms with Crippen LogP contribution >= 0.6 is 0 Å².